The van der Waals surface area contributed by atoms with E-state index in [-0.39, 0.29) is 12.5 Å². The Hall–Kier alpha value is -3.61. The smallest absolute Gasteiger partial charge is 0.338 e. The maximum Gasteiger partial charge on any atom is 0.338 e. The van der Waals surface area contributed by atoms with Gasteiger partial charge in [-0.3, -0.25) is 4.79 Å². The summed E-state index contributed by atoms with van der Waals surface area (Å²) in [6.07, 6.45) is -0.855. The summed E-state index contributed by atoms with van der Waals surface area (Å²) < 4.78 is 16.2. The first kappa shape index (κ1) is 21.1. The number of rotatable bonds is 6. The lowest BCUT2D eigenvalue weighted by Gasteiger charge is -2.17. The number of ether oxygens (including phenoxy) is 2. The van der Waals surface area contributed by atoms with Crippen LogP contribution in [0, 0.1) is 6.92 Å². The Morgan fingerprint density at radius 3 is 2.43 bits per heavy atom. The molecule has 1 heterocycles. The van der Waals surface area contributed by atoms with E-state index >= 15 is 0 Å². The third-order valence-corrected chi connectivity index (χ3v) is 4.59. The third-order valence-electron chi connectivity index (χ3n) is 4.59. The van der Waals surface area contributed by atoms with E-state index in [1.165, 1.54) is 17.9 Å². The van der Waals surface area contributed by atoms with E-state index in [4.69, 9.17) is 13.9 Å². The summed E-state index contributed by atoms with van der Waals surface area (Å²) in [4.78, 5) is 36.9. The maximum absolute atomic E-state index is 12.2. The molecule has 0 aliphatic carbocycles. The van der Waals surface area contributed by atoms with Gasteiger partial charge in [0, 0.05) is 31.6 Å². The van der Waals surface area contributed by atoms with Gasteiger partial charge < -0.3 is 18.8 Å². The van der Waals surface area contributed by atoms with Crippen molar-refractivity contribution in [2.75, 3.05) is 14.1 Å². The molecular weight excluding hydrogens is 386 g/mol. The van der Waals surface area contributed by atoms with E-state index < -0.39 is 17.7 Å². The quantitative estimate of drug-likeness (QED) is 0.459. The number of aryl methyl sites for hydroxylation is 1. The topological polar surface area (TPSA) is 86.0 Å². The van der Waals surface area contributed by atoms with Gasteiger partial charge >= 0.3 is 11.6 Å². The summed E-state index contributed by atoms with van der Waals surface area (Å²) in [7, 11) is 3.21. The normalized spacial score (nSPS) is 11.7. The largest absolute Gasteiger partial charge is 0.489 e. The highest BCUT2D eigenvalue weighted by Crippen LogP contribution is 2.23. The fraction of sp³-hybridized carbons (Fsp3) is 0.261. The third kappa shape index (κ3) is 4.86. The van der Waals surface area contributed by atoms with E-state index in [0.717, 1.165) is 16.5 Å². The molecule has 0 radical (unpaired) electrons. The number of nitrogens with zero attached hydrogens (tertiary/aromatic N) is 1. The van der Waals surface area contributed by atoms with Gasteiger partial charge in [-0.05, 0) is 49.2 Å². The zero-order valence-corrected chi connectivity index (χ0v) is 17.3. The summed E-state index contributed by atoms with van der Waals surface area (Å²) >= 11 is 0. The number of likely N-dealkylation sites (N-methyl/N-ethyl adjacent to an activating group) is 1. The molecule has 0 unspecified atom stereocenters. The molecule has 156 valence electrons. The molecule has 2 aromatic carbocycles. The SMILES string of the molecule is Cc1cc(=O)oc2cc(OCc3ccc(C(=O)O[C@H](C)C(=O)N(C)C)cc3)ccc12. The molecule has 1 amide bonds. The lowest BCUT2D eigenvalue weighted by molar-refractivity contribution is -0.137. The molecule has 0 saturated heterocycles. The first-order valence-corrected chi connectivity index (χ1v) is 9.43. The van der Waals surface area contributed by atoms with Crippen LogP contribution in [0.25, 0.3) is 11.0 Å². The molecule has 7 heteroatoms. The number of esters is 1. The number of hydrogen-bond acceptors (Lipinski definition) is 6. The summed E-state index contributed by atoms with van der Waals surface area (Å²) in [5, 5.41) is 0.854. The molecule has 3 aromatic rings. The van der Waals surface area contributed by atoms with Crippen LogP contribution in [0.4, 0.5) is 0 Å². The Bertz CT molecular complexity index is 1130. The van der Waals surface area contributed by atoms with Crippen molar-refractivity contribution in [3.05, 3.63) is 75.6 Å². The van der Waals surface area contributed by atoms with Crippen molar-refractivity contribution in [3.8, 4) is 5.75 Å². The van der Waals surface area contributed by atoms with Crippen LogP contribution >= 0.6 is 0 Å². The van der Waals surface area contributed by atoms with Crippen LogP contribution in [0.5, 0.6) is 5.75 Å². The molecule has 30 heavy (non-hydrogen) atoms. The Morgan fingerprint density at radius 1 is 1.07 bits per heavy atom. The summed E-state index contributed by atoms with van der Waals surface area (Å²) in [6, 6.07) is 13.5. The molecule has 7 nitrogen and oxygen atoms in total. The minimum atomic E-state index is -0.855. The molecule has 1 aromatic heterocycles. The second-order valence-electron chi connectivity index (χ2n) is 7.17. The van der Waals surface area contributed by atoms with E-state index in [1.807, 2.05) is 19.1 Å². The summed E-state index contributed by atoms with van der Waals surface area (Å²) in [5.41, 5.74) is 2.10. The van der Waals surface area contributed by atoms with Crippen LogP contribution in [-0.4, -0.2) is 37.0 Å². The van der Waals surface area contributed by atoms with Crippen LogP contribution in [-0.2, 0) is 16.1 Å². The molecule has 1 atom stereocenters. The van der Waals surface area contributed by atoms with Crippen molar-refractivity contribution < 1.29 is 23.5 Å². The fourth-order valence-electron chi connectivity index (χ4n) is 2.94. The number of hydrogen-bond donors (Lipinski definition) is 0. The van der Waals surface area contributed by atoms with E-state index in [9.17, 15) is 14.4 Å². The van der Waals surface area contributed by atoms with Crippen molar-refractivity contribution in [2.45, 2.75) is 26.6 Å². The Labute approximate surface area is 173 Å². The number of fused-ring (bicyclic) bond motifs is 1. The second-order valence-corrected chi connectivity index (χ2v) is 7.17. The first-order chi connectivity index (χ1) is 14.2. The number of carbonyl (C=O) groups excluding carboxylic acids is 2. The highest BCUT2D eigenvalue weighted by Gasteiger charge is 2.20. The Kier molecular flexibility index (Phi) is 6.20. The standard InChI is InChI=1S/C23H23NO6/c1-14-11-21(25)30-20-12-18(9-10-19(14)20)28-13-16-5-7-17(8-6-16)23(27)29-15(2)22(26)24(3)4/h5-12,15H,13H2,1-4H3/t15-/m1/s1. The van der Waals surface area contributed by atoms with Gasteiger partial charge in [0.25, 0.3) is 5.91 Å². The van der Waals surface area contributed by atoms with Crippen molar-refractivity contribution in [1.29, 1.82) is 0 Å². The zero-order chi connectivity index (χ0) is 21.8. The average Bonchev–Trinajstić information content (AvgIpc) is 2.71. The number of carbonyl (C=O) groups is 2. The van der Waals surface area contributed by atoms with Crippen molar-refractivity contribution in [1.82, 2.24) is 4.90 Å². The zero-order valence-electron chi connectivity index (χ0n) is 17.3. The van der Waals surface area contributed by atoms with Gasteiger partial charge in [-0.25, -0.2) is 9.59 Å². The van der Waals surface area contributed by atoms with E-state index in [0.29, 0.717) is 16.9 Å². The first-order valence-electron chi connectivity index (χ1n) is 9.43. The molecule has 0 aliphatic rings. The highest BCUT2D eigenvalue weighted by atomic mass is 16.5. The van der Waals surface area contributed by atoms with Crippen LogP contribution in [0.15, 0.2) is 57.7 Å². The van der Waals surface area contributed by atoms with Gasteiger partial charge in [0.2, 0.25) is 0 Å². The minimum absolute atomic E-state index is 0.270. The predicted molar refractivity (Wildman–Crippen MR) is 112 cm³/mol. The molecule has 0 bridgehead atoms. The van der Waals surface area contributed by atoms with E-state index in [2.05, 4.69) is 0 Å². The predicted octanol–water partition coefficient (Wildman–Crippen LogP) is 3.31. The van der Waals surface area contributed by atoms with Gasteiger partial charge in [-0.1, -0.05) is 12.1 Å². The second kappa shape index (κ2) is 8.82. The van der Waals surface area contributed by atoms with Crippen molar-refractivity contribution in [2.24, 2.45) is 0 Å². The average molecular weight is 409 g/mol. The lowest BCUT2D eigenvalue weighted by Crippen LogP contribution is -2.34. The minimum Gasteiger partial charge on any atom is -0.489 e. The summed E-state index contributed by atoms with van der Waals surface area (Å²) in [5.74, 6) is -0.282. The monoisotopic (exact) mass is 409 g/mol. The van der Waals surface area contributed by atoms with Crippen LogP contribution in [0.2, 0.25) is 0 Å². The van der Waals surface area contributed by atoms with Gasteiger partial charge in [0.05, 0.1) is 5.56 Å². The Morgan fingerprint density at radius 2 is 1.77 bits per heavy atom. The van der Waals surface area contributed by atoms with Gasteiger partial charge in [-0.2, -0.15) is 0 Å². The lowest BCUT2D eigenvalue weighted by atomic mass is 10.1. The van der Waals surface area contributed by atoms with Gasteiger partial charge in [-0.15, -0.1) is 0 Å². The fourth-order valence-corrected chi connectivity index (χ4v) is 2.94. The number of benzene rings is 2. The molecular formula is C23H23NO6. The molecule has 0 fully saturated rings. The maximum atomic E-state index is 12.2. The van der Waals surface area contributed by atoms with Crippen molar-refractivity contribution in [3.63, 3.8) is 0 Å². The number of amides is 1. The van der Waals surface area contributed by atoms with Gasteiger partial charge in [0.15, 0.2) is 6.10 Å². The molecule has 0 spiro atoms. The van der Waals surface area contributed by atoms with E-state index in [1.54, 1.807) is 44.4 Å². The van der Waals surface area contributed by atoms with Gasteiger partial charge in [0.1, 0.15) is 17.9 Å². The molecule has 0 N–H and O–H groups in total. The van der Waals surface area contributed by atoms with Crippen LogP contribution < -0.4 is 10.4 Å². The Balaban J connectivity index is 1.63. The van der Waals surface area contributed by atoms with Crippen LogP contribution in [0.3, 0.4) is 0 Å². The summed E-state index contributed by atoms with van der Waals surface area (Å²) in [6.45, 7) is 3.66. The molecule has 0 saturated carbocycles. The van der Waals surface area contributed by atoms with Crippen LogP contribution in [0.1, 0.15) is 28.4 Å². The van der Waals surface area contributed by atoms with Crippen molar-refractivity contribution >= 4 is 22.8 Å². The molecule has 0 aliphatic heterocycles. The molecule has 3 rings (SSSR count). The highest BCUT2D eigenvalue weighted by molar-refractivity contribution is 5.92.